The first-order chi connectivity index (χ1) is 13.2. The molecule has 3 rings (SSSR count). The molecule has 4 N–H and O–H groups in total. The van der Waals surface area contributed by atoms with Crippen LogP contribution in [0.15, 0.2) is 66.7 Å². The number of nitrogens with one attached hydrogen (secondary N) is 1. The van der Waals surface area contributed by atoms with E-state index < -0.39 is 0 Å². The second-order valence-corrected chi connectivity index (χ2v) is 6.45. The van der Waals surface area contributed by atoms with Gasteiger partial charge >= 0.3 is 0 Å². The summed E-state index contributed by atoms with van der Waals surface area (Å²) >= 11 is 0. The van der Waals surface area contributed by atoms with Gasteiger partial charge in [-0.1, -0.05) is 30.3 Å². The monoisotopic (exact) mass is 363 g/mol. The average Bonchev–Trinajstić information content (AvgIpc) is 3.13. The highest BCUT2D eigenvalue weighted by atomic mass is 16.4. The van der Waals surface area contributed by atoms with Gasteiger partial charge in [0.15, 0.2) is 5.84 Å². The van der Waals surface area contributed by atoms with Crippen molar-refractivity contribution in [3.8, 4) is 5.69 Å². The summed E-state index contributed by atoms with van der Waals surface area (Å²) in [5, 5.41) is 16.2. The smallest absolute Gasteiger partial charge is 0.170 e. The molecule has 0 radical (unpaired) electrons. The van der Waals surface area contributed by atoms with Crippen LogP contribution in [0.4, 0.5) is 0 Å². The molecule has 0 amide bonds. The molecule has 3 aromatic rings. The third-order valence-corrected chi connectivity index (χ3v) is 4.54. The maximum atomic E-state index is 8.88. The zero-order chi connectivity index (χ0) is 19.1. The van der Waals surface area contributed by atoms with Gasteiger partial charge in [-0.15, -0.1) is 0 Å². The van der Waals surface area contributed by atoms with Gasteiger partial charge in [-0.25, -0.2) is 4.98 Å². The molecule has 6 heteroatoms. The predicted molar refractivity (Wildman–Crippen MR) is 109 cm³/mol. The maximum Gasteiger partial charge on any atom is 0.170 e. The highest BCUT2D eigenvalue weighted by Gasteiger charge is 2.08. The van der Waals surface area contributed by atoms with Gasteiger partial charge in [0, 0.05) is 35.6 Å². The van der Waals surface area contributed by atoms with Crippen LogP contribution < -0.4 is 11.1 Å². The lowest BCUT2D eigenvalue weighted by Crippen LogP contribution is -2.13. The average molecular weight is 363 g/mol. The number of benzene rings is 1. The van der Waals surface area contributed by atoms with Gasteiger partial charge in [0.25, 0.3) is 0 Å². The minimum atomic E-state index is 0.0897. The SMILES string of the molecule is C=CNCCCCCc1cnc2c(ccn2-c2cccc(/C(N)=N/O)c2)c1. The van der Waals surface area contributed by atoms with Gasteiger partial charge in [-0.05, 0) is 55.3 Å². The number of hydrogen-bond acceptors (Lipinski definition) is 4. The quantitative estimate of drug-likeness (QED) is 0.178. The van der Waals surface area contributed by atoms with Crippen molar-refractivity contribution in [1.29, 1.82) is 0 Å². The van der Waals surface area contributed by atoms with Gasteiger partial charge in [0.1, 0.15) is 5.65 Å². The number of aromatic nitrogens is 2. The number of aryl methyl sites for hydroxylation is 1. The van der Waals surface area contributed by atoms with Crippen LogP contribution in [-0.4, -0.2) is 27.1 Å². The molecule has 2 heterocycles. The molecule has 27 heavy (non-hydrogen) atoms. The maximum absolute atomic E-state index is 8.88. The Kier molecular flexibility index (Phi) is 6.10. The molecular weight excluding hydrogens is 338 g/mol. The molecule has 0 unspecified atom stereocenters. The number of pyridine rings is 1. The van der Waals surface area contributed by atoms with Crippen molar-refractivity contribution in [3.63, 3.8) is 0 Å². The number of hydrogen-bond donors (Lipinski definition) is 3. The molecule has 0 saturated carbocycles. The van der Waals surface area contributed by atoms with E-state index >= 15 is 0 Å². The molecule has 0 aliphatic carbocycles. The summed E-state index contributed by atoms with van der Waals surface area (Å²) < 4.78 is 2.01. The molecule has 6 nitrogen and oxygen atoms in total. The molecule has 0 aliphatic heterocycles. The zero-order valence-corrected chi connectivity index (χ0v) is 15.3. The Morgan fingerprint density at radius 3 is 2.96 bits per heavy atom. The lowest BCUT2D eigenvalue weighted by atomic mass is 10.1. The Labute approximate surface area is 159 Å². The van der Waals surface area contributed by atoms with Crippen LogP contribution in [0.3, 0.4) is 0 Å². The van der Waals surface area contributed by atoms with Gasteiger partial charge in [0.05, 0.1) is 0 Å². The van der Waals surface area contributed by atoms with Gasteiger partial charge < -0.3 is 20.8 Å². The number of nitrogens with zero attached hydrogens (tertiary/aromatic N) is 3. The van der Waals surface area contributed by atoms with Gasteiger partial charge in [0.2, 0.25) is 0 Å². The van der Waals surface area contributed by atoms with Gasteiger partial charge in [-0.3, -0.25) is 0 Å². The van der Waals surface area contributed by atoms with Crippen molar-refractivity contribution in [2.45, 2.75) is 25.7 Å². The third-order valence-electron chi connectivity index (χ3n) is 4.54. The van der Waals surface area contributed by atoms with Gasteiger partial charge in [-0.2, -0.15) is 0 Å². The van der Waals surface area contributed by atoms with E-state index in [0.29, 0.717) is 5.56 Å². The number of nitrogens with two attached hydrogens (primary N) is 1. The van der Waals surface area contributed by atoms with E-state index in [9.17, 15) is 0 Å². The van der Waals surface area contributed by atoms with Crippen LogP contribution in [0.1, 0.15) is 30.4 Å². The van der Waals surface area contributed by atoms with E-state index in [2.05, 4.69) is 34.2 Å². The minimum absolute atomic E-state index is 0.0897. The predicted octanol–water partition coefficient (Wildman–Crippen LogP) is 3.57. The number of oxime groups is 1. The largest absolute Gasteiger partial charge is 0.409 e. The van der Waals surface area contributed by atoms with Crippen LogP contribution in [0, 0.1) is 0 Å². The molecule has 0 aliphatic rings. The topological polar surface area (TPSA) is 88.5 Å². The number of fused-ring (bicyclic) bond motifs is 1. The van der Waals surface area contributed by atoms with Crippen LogP contribution in [-0.2, 0) is 6.42 Å². The first-order valence-electron chi connectivity index (χ1n) is 9.11. The Balaban J connectivity index is 1.73. The molecule has 140 valence electrons. The molecular formula is C21H25N5O. The summed E-state index contributed by atoms with van der Waals surface area (Å²) in [4.78, 5) is 4.67. The molecule has 2 aromatic heterocycles. The standard InChI is InChI=1S/C21H25N5O/c1-2-23-11-5-3-4-7-16-13-18-10-12-26(21(18)24-15-16)19-9-6-8-17(14-19)20(22)25-27/h2,6,8-10,12-15,23,27H,1,3-5,7,11H2,(H2,22,25). The lowest BCUT2D eigenvalue weighted by molar-refractivity contribution is 0.318. The van der Waals surface area contributed by atoms with Crippen molar-refractivity contribution in [2.24, 2.45) is 10.9 Å². The summed E-state index contributed by atoms with van der Waals surface area (Å²) in [7, 11) is 0. The zero-order valence-electron chi connectivity index (χ0n) is 15.3. The number of unbranched alkanes of at least 4 members (excludes halogenated alkanes) is 2. The minimum Gasteiger partial charge on any atom is -0.409 e. The van der Waals surface area contributed by atoms with Crippen molar-refractivity contribution >= 4 is 16.9 Å². The lowest BCUT2D eigenvalue weighted by Gasteiger charge is -2.08. The summed E-state index contributed by atoms with van der Waals surface area (Å²) in [5.74, 6) is 0.0897. The van der Waals surface area contributed by atoms with Crippen molar-refractivity contribution in [2.75, 3.05) is 6.54 Å². The second-order valence-electron chi connectivity index (χ2n) is 6.45. The highest BCUT2D eigenvalue weighted by Crippen LogP contribution is 2.21. The third kappa shape index (κ3) is 4.47. The molecule has 0 bridgehead atoms. The fraction of sp³-hybridized carbons (Fsp3) is 0.238. The Morgan fingerprint density at radius 1 is 1.26 bits per heavy atom. The van der Waals surface area contributed by atoms with Crippen molar-refractivity contribution in [1.82, 2.24) is 14.9 Å². The molecule has 0 fully saturated rings. The van der Waals surface area contributed by atoms with E-state index in [1.54, 1.807) is 12.3 Å². The van der Waals surface area contributed by atoms with Crippen LogP contribution in [0.5, 0.6) is 0 Å². The Hall–Kier alpha value is -3.28. The molecule has 0 atom stereocenters. The van der Waals surface area contributed by atoms with E-state index in [1.165, 1.54) is 12.0 Å². The fourth-order valence-corrected chi connectivity index (χ4v) is 3.12. The highest BCUT2D eigenvalue weighted by molar-refractivity contribution is 5.97. The fourth-order valence-electron chi connectivity index (χ4n) is 3.12. The van der Waals surface area contributed by atoms with Crippen LogP contribution in [0.25, 0.3) is 16.7 Å². The summed E-state index contributed by atoms with van der Waals surface area (Å²) in [6, 6.07) is 11.8. The Morgan fingerprint density at radius 2 is 2.15 bits per heavy atom. The van der Waals surface area contributed by atoms with E-state index in [1.807, 2.05) is 35.2 Å². The number of amidine groups is 1. The summed E-state index contributed by atoms with van der Waals surface area (Å²) in [6.45, 7) is 4.63. The molecule has 0 spiro atoms. The normalized spacial score (nSPS) is 11.6. The van der Waals surface area contributed by atoms with E-state index in [0.717, 1.165) is 42.5 Å². The first kappa shape index (κ1) is 18.5. The second kappa shape index (κ2) is 8.89. The summed E-state index contributed by atoms with van der Waals surface area (Å²) in [5.41, 5.74) is 9.43. The van der Waals surface area contributed by atoms with Crippen LogP contribution in [0.2, 0.25) is 0 Å². The first-order valence-corrected chi connectivity index (χ1v) is 9.11. The van der Waals surface area contributed by atoms with E-state index in [-0.39, 0.29) is 5.84 Å². The molecule has 1 aromatic carbocycles. The molecule has 0 saturated heterocycles. The van der Waals surface area contributed by atoms with Crippen molar-refractivity contribution < 1.29 is 5.21 Å². The van der Waals surface area contributed by atoms with E-state index in [4.69, 9.17) is 10.9 Å². The summed E-state index contributed by atoms with van der Waals surface area (Å²) in [6.07, 6.45) is 10.2. The van der Waals surface area contributed by atoms with Crippen molar-refractivity contribution in [3.05, 3.63) is 72.7 Å². The number of rotatable bonds is 9. The van der Waals surface area contributed by atoms with Crippen LogP contribution >= 0.6 is 0 Å². The Bertz CT molecular complexity index is 945.